The van der Waals surface area contributed by atoms with Gasteiger partial charge in [-0.2, -0.15) is 0 Å². The number of terminal acetylenes is 1. The summed E-state index contributed by atoms with van der Waals surface area (Å²) in [6.07, 6.45) is 5.48. The molecule has 1 aromatic rings. The van der Waals surface area contributed by atoms with Crippen molar-refractivity contribution in [1.29, 1.82) is 0 Å². The van der Waals surface area contributed by atoms with Crippen molar-refractivity contribution in [3.8, 4) is 18.1 Å². The summed E-state index contributed by atoms with van der Waals surface area (Å²) in [7, 11) is 1.33. The number of phenols is 1. The molecule has 0 spiro atoms. The predicted molar refractivity (Wildman–Crippen MR) is 56.3 cm³/mol. The van der Waals surface area contributed by atoms with Gasteiger partial charge >= 0.3 is 5.97 Å². The van der Waals surface area contributed by atoms with Gasteiger partial charge in [-0.15, -0.1) is 6.42 Å². The van der Waals surface area contributed by atoms with E-state index in [1.165, 1.54) is 19.2 Å². The molecule has 0 saturated heterocycles. The Kier molecular flexibility index (Phi) is 3.75. The summed E-state index contributed by atoms with van der Waals surface area (Å²) in [5, 5.41) is 9.10. The second-order valence-corrected chi connectivity index (χ2v) is 3.09. The van der Waals surface area contributed by atoms with Gasteiger partial charge in [-0.3, -0.25) is 4.79 Å². The van der Waals surface area contributed by atoms with Crippen LogP contribution in [0.3, 0.4) is 0 Å². The number of carbonyl (C=O) groups excluding carboxylic acids is 1. The first-order valence-electron chi connectivity index (χ1n) is 4.49. The summed E-state index contributed by atoms with van der Waals surface area (Å²) in [4.78, 5) is 11.1. The van der Waals surface area contributed by atoms with Crippen LogP contribution in [0.5, 0.6) is 5.75 Å². The molecule has 0 bridgehead atoms. The first kappa shape index (κ1) is 11.1. The van der Waals surface area contributed by atoms with E-state index in [0.717, 1.165) is 5.56 Å². The molecular weight excluding hydrogens is 192 g/mol. The van der Waals surface area contributed by atoms with Crippen molar-refractivity contribution in [2.45, 2.75) is 12.3 Å². The SMILES string of the molecule is C#C[C@@H](CC(=O)OC)c1ccc(O)cc1. The fraction of sp³-hybridized carbons (Fsp3) is 0.250. The molecule has 0 aliphatic carbocycles. The minimum absolute atomic E-state index is 0.151. The van der Waals surface area contributed by atoms with E-state index in [0.29, 0.717) is 0 Å². The molecule has 0 heterocycles. The molecule has 0 aliphatic rings. The molecule has 0 aliphatic heterocycles. The van der Waals surface area contributed by atoms with Crippen LogP contribution in [0.15, 0.2) is 24.3 Å². The van der Waals surface area contributed by atoms with Gasteiger partial charge < -0.3 is 9.84 Å². The Bertz CT molecular complexity index is 373. The van der Waals surface area contributed by atoms with Crippen LogP contribution in [0, 0.1) is 12.3 Å². The molecule has 0 unspecified atom stereocenters. The maximum atomic E-state index is 11.1. The fourth-order valence-corrected chi connectivity index (χ4v) is 1.23. The van der Waals surface area contributed by atoms with Crippen molar-refractivity contribution in [2.24, 2.45) is 0 Å². The zero-order chi connectivity index (χ0) is 11.3. The normalized spacial score (nSPS) is 11.5. The molecule has 0 radical (unpaired) electrons. The minimum Gasteiger partial charge on any atom is -0.508 e. The third-order valence-electron chi connectivity index (χ3n) is 2.10. The highest BCUT2D eigenvalue weighted by atomic mass is 16.5. The number of hydrogen-bond donors (Lipinski definition) is 1. The molecule has 3 nitrogen and oxygen atoms in total. The number of ether oxygens (including phenoxy) is 1. The standard InChI is InChI=1S/C12H12O3/c1-3-9(8-12(14)15-2)10-4-6-11(13)7-5-10/h1,4-7,9,13H,8H2,2H3/t9-/m0/s1. The first-order chi connectivity index (χ1) is 7.17. The van der Waals surface area contributed by atoms with Crippen LogP contribution in [0.25, 0.3) is 0 Å². The van der Waals surface area contributed by atoms with Crippen molar-refractivity contribution in [3.05, 3.63) is 29.8 Å². The topological polar surface area (TPSA) is 46.5 Å². The van der Waals surface area contributed by atoms with Gasteiger partial charge in [0.25, 0.3) is 0 Å². The van der Waals surface area contributed by atoms with Gasteiger partial charge in [0.2, 0.25) is 0 Å². The quantitative estimate of drug-likeness (QED) is 0.601. The number of rotatable bonds is 3. The lowest BCUT2D eigenvalue weighted by Crippen LogP contribution is -2.07. The molecule has 1 aromatic carbocycles. The lowest BCUT2D eigenvalue weighted by atomic mass is 9.97. The summed E-state index contributed by atoms with van der Waals surface area (Å²) < 4.78 is 4.54. The number of benzene rings is 1. The zero-order valence-corrected chi connectivity index (χ0v) is 8.43. The minimum atomic E-state index is -0.342. The Labute approximate surface area is 88.7 Å². The van der Waals surface area contributed by atoms with Crippen LogP contribution in [-0.4, -0.2) is 18.2 Å². The van der Waals surface area contributed by atoms with E-state index < -0.39 is 0 Å². The smallest absolute Gasteiger partial charge is 0.307 e. The van der Waals surface area contributed by atoms with Gasteiger partial charge in [-0.25, -0.2) is 0 Å². The lowest BCUT2D eigenvalue weighted by Gasteiger charge is -2.09. The molecule has 15 heavy (non-hydrogen) atoms. The number of methoxy groups -OCH3 is 1. The highest BCUT2D eigenvalue weighted by molar-refractivity contribution is 5.71. The van der Waals surface area contributed by atoms with E-state index in [2.05, 4.69) is 10.7 Å². The second-order valence-electron chi connectivity index (χ2n) is 3.09. The first-order valence-corrected chi connectivity index (χ1v) is 4.49. The Balaban J connectivity index is 2.80. The second kappa shape index (κ2) is 5.06. The van der Waals surface area contributed by atoms with Crippen LogP contribution < -0.4 is 0 Å². The largest absolute Gasteiger partial charge is 0.508 e. The summed E-state index contributed by atoms with van der Waals surface area (Å²) in [5.74, 6) is 2.05. The van der Waals surface area contributed by atoms with Crippen molar-refractivity contribution in [3.63, 3.8) is 0 Å². The van der Waals surface area contributed by atoms with E-state index in [1.807, 2.05) is 0 Å². The number of esters is 1. The molecule has 1 atom stereocenters. The number of phenolic OH excluding ortho intramolecular Hbond substituents is 1. The van der Waals surface area contributed by atoms with E-state index >= 15 is 0 Å². The van der Waals surface area contributed by atoms with Crippen LogP contribution in [-0.2, 0) is 9.53 Å². The maximum absolute atomic E-state index is 11.1. The molecule has 0 fully saturated rings. The van der Waals surface area contributed by atoms with Crippen LogP contribution >= 0.6 is 0 Å². The summed E-state index contributed by atoms with van der Waals surface area (Å²) in [6.45, 7) is 0. The molecule has 78 valence electrons. The monoisotopic (exact) mass is 204 g/mol. The van der Waals surface area contributed by atoms with E-state index in [9.17, 15) is 4.79 Å². The van der Waals surface area contributed by atoms with Gasteiger partial charge in [-0.05, 0) is 17.7 Å². The maximum Gasteiger partial charge on any atom is 0.307 e. The zero-order valence-electron chi connectivity index (χ0n) is 8.43. The Hall–Kier alpha value is -1.95. The van der Waals surface area contributed by atoms with Crippen LogP contribution in [0.4, 0.5) is 0 Å². The number of hydrogen-bond acceptors (Lipinski definition) is 3. The highest BCUT2D eigenvalue weighted by Crippen LogP contribution is 2.21. The van der Waals surface area contributed by atoms with E-state index in [1.54, 1.807) is 12.1 Å². The molecule has 1 N–H and O–H groups in total. The van der Waals surface area contributed by atoms with Crippen molar-refractivity contribution < 1.29 is 14.6 Å². The summed E-state index contributed by atoms with van der Waals surface area (Å²) in [5.41, 5.74) is 0.820. The fourth-order valence-electron chi connectivity index (χ4n) is 1.23. The average Bonchev–Trinajstić information content (AvgIpc) is 2.27. The predicted octanol–water partition coefficient (Wildman–Crippen LogP) is 1.67. The summed E-state index contributed by atoms with van der Waals surface area (Å²) >= 11 is 0. The van der Waals surface area contributed by atoms with E-state index in [4.69, 9.17) is 11.5 Å². The Morgan fingerprint density at radius 3 is 2.60 bits per heavy atom. The van der Waals surface area contributed by atoms with Gasteiger partial charge in [-0.1, -0.05) is 18.1 Å². The molecule has 1 rings (SSSR count). The number of carbonyl (C=O) groups is 1. The van der Waals surface area contributed by atoms with Gasteiger partial charge in [0.05, 0.1) is 19.4 Å². The molecular formula is C12H12O3. The van der Waals surface area contributed by atoms with Gasteiger partial charge in [0.15, 0.2) is 0 Å². The van der Waals surface area contributed by atoms with E-state index in [-0.39, 0.29) is 24.1 Å². The van der Waals surface area contributed by atoms with Crippen molar-refractivity contribution >= 4 is 5.97 Å². The van der Waals surface area contributed by atoms with Crippen LogP contribution in [0.1, 0.15) is 17.9 Å². The molecule has 0 amide bonds. The lowest BCUT2D eigenvalue weighted by molar-refractivity contribution is -0.140. The Morgan fingerprint density at radius 1 is 1.53 bits per heavy atom. The molecule has 3 heteroatoms. The van der Waals surface area contributed by atoms with Crippen molar-refractivity contribution in [2.75, 3.05) is 7.11 Å². The van der Waals surface area contributed by atoms with Crippen LogP contribution in [0.2, 0.25) is 0 Å². The van der Waals surface area contributed by atoms with Gasteiger partial charge in [0, 0.05) is 0 Å². The average molecular weight is 204 g/mol. The molecule has 0 saturated carbocycles. The summed E-state index contributed by atoms with van der Waals surface area (Å²) in [6, 6.07) is 6.47. The van der Waals surface area contributed by atoms with Gasteiger partial charge in [0.1, 0.15) is 5.75 Å². The van der Waals surface area contributed by atoms with Crippen molar-refractivity contribution in [1.82, 2.24) is 0 Å². The highest BCUT2D eigenvalue weighted by Gasteiger charge is 2.13. The third kappa shape index (κ3) is 3.03. The molecule has 0 aromatic heterocycles. The third-order valence-corrected chi connectivity index (χ3v) is 2.10. The Morgan fingerprint density at radius 2 is 2.13 bits per heavy atom. The number of aromatic hydroxyl groups is 1.